The number of rotatable bonds is 4. The number of nitrogens with one attached hydrogen (secondary N) is 1. The van der Waals surface area contributed by atoms with Crippen LogP contribution < -0.4 is 5.32 Å². The van der Waals surface area contributed by atoms with Crippen LogP contribution in [0.2, 0.25) is 0 Å². The lowest BCUT2D eigenvalue weighted by atomic mass is 9.97. The Morgan fingerprint density at radius 1 is 1.07 bits per heavy atom. The summed E-state index contributed by atoms with van der Waals surface area (Å²) in [6, 6.07) is 10.8. The third-order valence-corrected chi connectivity index (χ3v) is 8.15. The van der Waals surface area contributed by atoms with Gasteiger partial charge in [0.2, 0.25) is 15.9 Å². The van der Waals surface area contributed by atoms with Crippen LogP contribution in [-0.2, 0) is 14.8 Å². The number of hydrogen-bond donors (Lipinski definition) is 1. The molecule has 1 aliphatic heterocycles. The van der Waals surface area contributed by atoms with E-state index in [2.05, 4.69) is 11.4 Å². The summed E-state index contributed by atoms with van der Waals surface area (Å²) in [5, 5.41) is 11.8. The second-order valence-electron chi connectivity index (χ2n) is 7.95. The highest BCUT2D eigenvalue weighted by atomic mass is 32.2. The molecule has 1 saturated heterocycles. The molecule has 3 rings (SSSR count). The predicted octanol–water partition coefficient (Wildman–Crippen LogP) is 3.83. The minimum atomic E-state index is -3.62. The molecule has 2 aromatic rings. The molecule has 1 fully saturated rings. The molecule has 30 heavy (non-hydrogen) atoms. The van der Waals surface area contributed by atoms with Gasteiger partial charge in [0, 0.05) is 24.7 Å². The molecule has 1 N–H and O–H groups in total. The average Bonchev–Trinajstić information content (AvgIpc) is 2.72. The molecule has 0 unspecified atom stereocenters. The van der Waals surface area contributed by atoms with Crippen LogP contribution in [0.4, 0.5) is 5.69 Å². The molecule has 1 aliphatic rings. The first kappa shape index (κ1) is 22.0. The number of sulfonamides is 1. The maximum atomic E-state index is 13.4. The standard InChI is InChI=1S/C23H27N3O3S/c1-15-12-16(2)18(4)22(17(15)3)30(28,29)26-10-8-20(9-11-26)23(27)25-21-7-5-6-19(13-21)14-24/h5-7,12-13,20H,8-11H2,1-4H3,(H,25,27). The van der Waals surface area contributed by atoms with E-state index in [4.69, 9.17) is 5.26 Å². The summed E-state index contributed by atoms with van der Waals surface area (Å²) in [4.78, 5) is 13.0. The normalized spacial score (nSPS) is 15.6. The van der Waals surface area contributed by atoms with Crippen molar-refractivity contribution in [1.29, 1.82) is 5.26 Å². The van der Waals surface area contributed by atoms with Crippen LogP contribution in [0.5, 0.6) is 0 Å². The van der Waals surface area contributed by atoms with Gasteiger partial charge >= 0.3 is 0 Å². The summed E-state index contributed by atoms with van der Waals surface area (Å²) in [5.41, 5.74) is 4.56. The summed E-state index contributed by atoms with van der Waals surface area (Å²) in [6.07, 6.45) is 0.928. The van der Waals surface area contributed by atoms with Crippen LogP contribution in [0.3, 0.4) is 0 Å². The molecule has 2 aromatic carbocycles. The van der Waals surface area contributed by atoms with Crippen molar-refractivity contribution >= 4 is 21.6 Å². The van der Waals surface area contributed by atoms with Gasteiger partial charge in [-0.25, -0.2) is 8.42 Å². The number of anilines is 1. The highest BCUT2D eigenvalue weighted by molar-refractivity contribution is 7.89. The third kappa shape index (κ3) is 4.25. The van der Waals surface area contributed by atoms with Gasteiger partial charge in [-0.3, -0.25) is 4.79 Å². The maximum Gasteiger partial charge on any atom is 0.243 e. The van der Waals surface area contributed by atoms with Gasteiger partial charge in [-0.15, -0.1) is 0 Å². The van der Waals surface area contributed by atoms with E-state index in [1.807, 2.05) is 33.8 Å². The number of piperidine rings is 1. The molecule has 0 radical (unpaired) electrons. The van der Waals surface area contributed by atoms with Gasteiger partial charge in [0.1, 0.15) is 0 Å². The number of benzene rings is 2. The first-order chi connectivity index (χ1) is 14.1. The topological polar surface area (TPSA) is 90.3 Å². The molecular formula is C23H27N3O3S. The summed E-state index contributed by atoms with van der Waals surface area (Å²) in [7, 11) is -3.62. The smallest absolute Gasteiger partial charge is 0.243 e. The molecule has 6 nitrogen and oxygen atoms in total. The molecule has 158 valence electrons. The van der Waals surface area contributed by atoms with E-state index in [-0.39, 0.29) is 11.8 Å². The van der Waals surface area contributed by atoms with Gasteiger partial charge in [0.15, 0.2) is 0 Å². The fourth-order valence-corrected chi connectivity index (χ4v) is 6.01. The Hall–Kier alpha value is -2.69. The van der Waals surface area contributed by atoms with Gasteiger partial charge in [-0.05, 0) is 81.0 Å². The van der Waals surface area contributed by atoms with E-state index >= 15 is 0 Å². The Bertz CT molecular complexity index is 1100. The van der Waals surface area contributed by atoms with Crippen molar-refractivity contribution in [2.45, 2.75) is 45.4 Å². The molecule has 0 aliphatic carbocycles. The van der Waals surface area contributed by atoms with Crippen LogP contribution in [0.25, 0.3) is 0 Å². The zero-order chi connectivity index (χ0) is 22.1. The largest absolute Gasteiger partial charge is 0.326 e. The summed E-state index contributed by atoms with van der Waals surface area (Å²) < 4.78 is 28.2. The second-order valence-corrected chi connectivity index (χ2v) is 9.82. The Morgan fingerprint density at radius 2 is 1.67 bits per heavy atom. The van der Waals surface area contributed by atoms with Crippen molar-refractivity contribution in [1.82, 2.24) is 4.31 Å². The summed E-state index contributed by atoms with van der Waals surface area (Å²) in [6.45, 7) is 8.18. The lowest BCUT2D eigenvalue weighted by Crippen LogP contribution is -2.41. The zero-order valence-corrected chi connectivity index (χ0v) is 18.6. The third-order valence-electron chi connectivity index (χ3n) is 5.98. The van der Waals surface area contributed by atoms with Crippen molar-refractivity contribution in [3.05, 3.63) is 58.1 Å². The molecule has 0 spiro atoms. The van der Waals surface area contributed by atoms with Crippen LogP contribution >= 0.6 is 0 Å². The SMILES string of the molecule is Cc1cc(C)c(C)c(S(=O)(=O)N2CCC(C(=O)Nc3cccc(C#N)c3)CC2)c1C. The Morgan fingerprint density at radius 3 is 2.23 bits per heavy atom. The average molecular weight is 426 g/mol. The van der Waals surface area contributed by atoms with Crippen molar-refractivity contribution in [2.75, 3.05) is 18.4 Å². The van der Waals surface area contributed by atoms with Crippen LogP contribution in [0.15, 0.2) is 35.2 Å². The van der Waals surface area contributed by atoms with Gasteiger partial charge < -0.3 is 5.32 Å². The predicted molar refractivity (Wildman–Crippen MR) is 117 cm³/mol. The number of nitrogens with zero attached hydrogens (tertiary/aromatic N) is 2. The van der Waals surface area contributed by atoms with Crippen LogP contribution in [0, 0.1) is 44.9 Å². The minimum Gasteiger partial charge on any atom is -0.326 e. The van der Waals surface area contributed by atoms with E-state index in [9.17, 15) is 13.2 Å². The Labute approximate surface area is 178 Å². The van der Waals surface area contributed by atoms with Crippen LogP contribution in [0.1, 0.15) is 40.7 Å². The van der Waals surface area contributed by atoms with Gasteiger partial charge in [-0.2, -0.15) is 9.57 Å². The molecule has 1 amide bonds. The second kappa shape index (κ2) is 8.58. The fourth-order valence-electron chi connectivity index (χ4n) is 3.97. The van der Waals surface area contributed by atoms with Gasteiger partial charge in [0.25, 0.3) is 0 Å². The van der Waals surface area contributed by atoms with Crippen molar-refractivity contribution in [3.63, 3.8) is 0 Å². The number of nitriles is 1. The van der Waals surface area contributed by atoms with Gasteiger partial charge in [-0.1, -0.05) is 12.1 Å². The van der Waals surface area contributed by atoms with E-state index in [1.165, 1.54) is 4.31 Å². The first-order valence-electron chi connectivity index (χ1n) is 10.0. The number of carbonyl (C=O) groups is 1. The lowest BCUT2D eigenvalue weighted by molar-refractivity contribution is -0.120. The van der Waals surface area contributed by atoms with E-state index in [0.717, 1.165) is 22.3 Å². The maximum absolute atomic E-state index is 13.4. The minimum absolute atomic E-state index is 0.138. The lowest BCUT2D eigenvalue weighted by Gasteiger charge is -2.31. The summed E-state index contributed by atoms with van der Waals surface area (Å²) in [5.74, 6) is -0.399. The van der Waals surface area contributed by atoms with Gasteiger partial charge in [0.05, 0.1) is 16.5 Å². The van der Waals surface area contributed by atoms with E-state index in [0.29, 0.717) is 42.1 Å². The van der Waals surface area contributed by atoms with Crippen molar-refractivity contribution in [2.24, 2.45) is 5.92 Å². The van der Waals surface area contributed by atoms with Crippen LogP contribution in [-0.4, -0.2) is 31.7 Å². The molecule has 0 atom stereocenters. The number of carbonyl (C=O) groups excluding carboxylic acids is 1. The Kier molecular flexibility index (Phi) is 6.30. The number of amides is 1. The molecule has 0 aromatic heterocycles. The van der Waals surface area contributed by atoms with E-state index < -0.39 is 10.0 Å². The molecule has 0 bridgehead atoms. The number of aryl methyl sites for hydroxylation is 2. The Balaban J connectivity index is 1.72. The fraction of sp³-hybridized carbons (Fsp3) is 0.391. The molecule has 7 heteroatoms. The first-order valence-corrected chi connectivity index (χ1v) is 11.5. The zero-order valence-electron chi connectivity index (χ0n) is 17.8. The highest BCUT2D eigenvalue weighted by Crippen LogP contribution is 2.31. The molecular weight excluding hydrogens is 398 g/mol. The summed E-state index contributed by atoms with van der Waals surface area (Å²) >= 11 is 0. The molecule has 0 saturated carbocycles. The monoisotopic (exact) mass is 425 g/mol. The number of hydrogen-bond acceptors (Lipinski definition) is 4. The van der Waals surface area contributed by atoms with E-state index in [1.54, 1.807) is 24.3 Å². The van der Waals surface area contributed by atoms with Crippen molar-refractivity contribution < 1.29 is 13.2 Å². The van der Waals surface area contributed by atoms with Crippen molar-refractivity contribution in [3.8, 4) is 6.07 Å². The quantitative estimate of drug-likeness (QED) is 0.806. The highest BCUT2D eigenvalue weighted by Gasteiger charge is 2.34. The molecule has 1 heterocycles.